The fourth-order valence-electron chi connectivity index (χ4n) is 3.11. The third kappa shape index (κ3) is 3.05. The zero-order valence-electron chi connectivity index (χ0n) is 12.3. The zero-order valence-corrected chi connectivity index (χ0v) is 12.3. The van der Waals surface area contributed by atoms with Crippen LogP contribution >= 0.6 is 0 Å². The number of carbonyl (C=O) groups is 1. The molecule has 3 nitrogen and oxygen atoms in total. The van der Waals surface area contributed by atoms with Gasteiger partial charge in [0, 0.05) is 12.0 Å². The first-order chi connectivity index (χ1) is 8.58. The molecule has 3 heteroatoms. The van der Waals surface area contributed by atoms with Crippen molar-refractivity contribution in [3.63, 3.8) is 0 Å². The van der Waals surface area contributed by atoms with Gasteiger partial charge in [-0.15, -0.1) is 0 Å². The van der Waals surface area contributed by atoms with Gasteiger partial charge in [-0.1, -0.05) is 33.6 Å². The summed E-state index contributed by atoms with van der Waals surface area (Å²) in [5, 5.41) is 3.19. The molecule has 18 heavy (non-hydrogen) atoms. The Bertz CT molecular complexity index is 257. The Kier molecular flexibility index (Phi) is 5.64. The van der Waals surface area contributed by atoms with Crippen LogP contribution in [0.2, 0.25) is 0 Å². The molecule has 1 fully saturated rings. The van der Waals surface area contributed by atoms with Crippen LogP contribution in [-0.4, -0.2) is 19.0 Å². The summed E-state index contributed by atoms with van der Waals surface area (Å²) in [7, 11) is 0. The average Bonchev–Trinajstić information content (AvgIpc) is 2.91. The molecule has 0 saturated heterocycles. The first kappa shape index (κ1) is 15.5. The number of amides is 1. The van der Waals surface area contributed by atoms with Crippen LogP contribution in [0.1, 0.15) is 65.7 Å². The Labute approximate surface area is 112 Å². The molecule has 106 valence electrons. The minimum Gasteiger partial charge on any atom is -0.355 e. The predicted octanol–water partition coefficient (Wildman–Crippen LogP) is 2.84. The number of nitrogens with one attached hydrogen (secondary N) is 1. The topological polar surface area (TPSA) is 55.1 Å². The van der Waals surface area contributed by atoms with Crippen LogP contribution in [0.25, 0.3) is 0 Å². The molecule has 0 aromatic heterocycles. The highest BCUT2D eigenvalue weighted by Crippen LogP contribution is 2.41. The monoisotopic (exact) mass is 254 g/mol. The van der Waals surface area contributed by atoms with Crippen molar-refractivity contribution in [2.24, 2.45) is 16.6 Å². The second-order valence-electron chi connectivity index (χ2n) is 5.93. The highest BCUT2D eigenvalue weighted by Gasteiger charge is 2.39. The van der Waals surface area contributed by atoms with Crippen LogP contribution in [-0.2, 0) is 4.79 Å². The highest BCUT2D eigenvalue weighted by atomic mass is 16.2. The summed E-state index contributed by atoms with van der Waals surface area (Å²) in [6, 6.07) is 0. The van der Waals surface area contributed by atoms with E-state index in [0.29, 0.717) is 6.54 Å². The first-order valence-electron chi connectivity index (χ1n) is 7.56. The van der Waals surface area contributed by atoms with Crippen molar-refractivity contribution in [2.75, 3.05) is 13.1 Å². The van der Waals surface area contributed by atoms with E-state index in [0.717, 1.165) is 38.6 Å². The Morgan fingerprint density at radius 2 is 1.78 bits per heavy atom. The van der Waals surface area contributed by atoms with E-state index in [1.54, 1.807) is 0 Å². The van der Waals surface area contributed by atoms with Crippen molar-refractivity contribution >= 4 is 5.91 Å². The molecule has 0 heterocycles. The molecule has 0 radical (unpaired) electrons. The van der Waals surface area contributed by atoms with Crippen LogP contribution in [0.3, 0.4) is 0 Å². The Morgan fingerprint density at radius 3 is 2.17 bits per heavy atom. The lowest BCUT2D eigenvalue weighted by atomic mass is 9.80. The number of nitrogens with two attached hydrogens (primary N) is 1. The fraction of sp³-hybridized carbons (Fsp3) is 0.933. The molecule has 0 spiro atoms. The minimum absolute atomic E-state index is 0.0815. The van der Waals surface area contributed by atoms with E-state index in [-0.39, 0.29) is 16.7 Å². The van der Waals surface area contributed by atoms with Gasteiger partial charge >= 0.3 is 0 Å². The standard InChI is InChI=1S/C15H30N2O/c1-4-14(5-2,11-16)12-17-13(18)15(6-3)9-7-8-10-15/h4-12,16H2,1-3H3,(H,17,18). The third-order valence-electron chi connectivity index (χ3n) is 5.28. The van der Waals surface area contributed by atoms with E-state index >= 15 is 0 Å². The molecule has 0 bridgehead atoms. The Hall–Kier alpha value is -0.570. The molecular weight excluding hydrogens is 224 g/mol. The van der Waals surface area contributed by atoms with Gasteiger partial charge in [-0.3, -0.25) is 4.79 Å². The van der Waals surface area contributed by atoms with Crippen molar-refractivity contribution in [1.82, 2.24) is 5.32 Å². The van der Waals surface area contributed by atoms with E-state index < -0.39 is 0 Å². The van der Waals surface area contributed by atoms with E-state index in [1.165, 1.54) is 12.8 Å². The van der Waals surface area contributed by atoms with Crippen LogP contribution in [0, 0.1) is 10.8 Å². The van der Waals surface area contributed by atoms with Gasteiger partial charge in [0.1, 0.15) is 0 Å². The molecule has 1 saturated carbocycles. The summed E-state index contributed by atoms with van der Waals surface area (Å²) < 4.78 is 0. The quantitative estimate of drug-likeness (QED) is 0.734. The number of hydrogen-bond acceptors (Lipinski definition) is 2. The van der Waals surface area contributed by atoms with E-state index in [2.05, 4.69) is 26.1 Å². The van der Waals surface area contributed by atoms with Crippen LogP contribution in [0.5, 0.6) is 0 Å². The molecule has 1 rings (SSSR count). The van der Waals surface area contributed by atoms with Gasteiger partial charge in [-0.25, -0.2) is 0 Å². The van der Waals surface area contributed by atoms with Gasteiger partial charge in [-0.05, 0) is 44.1 Å². The third-order valence-corrected chi connectivity index (χ3v) is 5.28. The van der Waals surface area contributed by atoms with Gasteiger partial charge in [-0.2, -0.15) is 0 Å². The fourth-order valence-corrected chi connectivity index (χ4v) is 3.11. The molecule has 1 aliphatic carbocycles. The number of rotatable bonds is 7. The highest BCUT2D eigenvalue weighted by molar-refractivity contribution is 5.82. The average molecular weight is 254 g/mol. The SMILES string of the molecule is CCC(CC)(CN)CNC(=O)C1(CC)CCCC1. The van der Waals surface area contributed by atoms with Gasteiger partial charge in [0.25, 0.3) is 0 Å². The maximum atomic E-state index is 12.4. The lowest BCUT2D eigenvalue weighted by Crippen LogP contribution is -2.46. The summed E-state index contributed by atoms with van der Waals surface area (Å²) >= 11 is 0. The maximum absolute atomic E-state index is 12.4. The van der Waals surface area contributed by atoms with Crippen LogP contribution in [0.15, 0.2) is 0 Å². The summed E-state index contributed by atoms with van der Waals surface area (Å²) in [5.41, 5.74) is 5.89. The van der Waals surface area contributed by atoms with Crippen molar-refractivity contribution in [1.29, 1.82) is 0 Å². The van der Waals surface area contributed by atoms with E-state index in [9.17, 15) is 4.79 Å². The Morgan fingerprint density at radius 1 is 1.22 bits per heavy atom. The van der Waals surface area contributed by atoms with Crippen molar-refractivity contribution in [2.45, 2.75) is 65.7 Å². The number of hydrogen-bond donors (Lipinski definition) is 2. The lowest BCUT2D eigenvalue weighted by molar-refractivity contribution is -0.131. The van der Waals surface area contributed by atoms with Gasteiger partial charge in [0.15, 0.2) is 0 Å². The molecule has 0 atom stereocenters. The predicted molar refractivity (Wildman–Crippen MR) is 76.3 cm³/mol. The first-order valence-corrected chi connectivity index (χ1v) is 7.56. The summed E-state index contributed by atoms with van der Waals surface area (Å²) in [4.78, 5) is 12.4. The summed E-state index contributed by atoms with van der Waals surface area (Å²) in [6.45, 7) is 7.85. The van der Waals surface area contributed by atoms with Gasteiger partial charge in [0.05, 0.1) is 0 Å². The second kappa shape index (κ2) is 6.55. The molecule has 1 aliphatic rings. The normalized spacial score (nSPS) is 18.9. The molecule has 0 unspecified atom stereocenters. The lowest BCUT2D eigenvalue weighted by Gasteiger charge is -2.33. The maximum Gasteiger partial charge on any atom is 0.226 e. The largest absolute Gasteiger partial charge is 0.355 e. The Balaban J connectivity index is 2.59. The second-order valence-corrected chi connectivity index (χ2v) is 5.93. The molecule has 0 aromatic rings. The molecule has 3 N–H and O–H groups in total. The van der Waals surface area contributed by atoms with Crippen molar-refractivity contribution < 1.29 is 4.79 Å². The smallest absolute Gasteiger partial charge is 0.226 e. The van der Waals surface area contributed by atoms with E-state index in [1.807, 2.05) is 0 Å². The molecule has 1 amide bonds. The van der Waals surface area contributed by atoms with Crippen molar-refractivity contribution in [3.05, 3.63) is 0 Å². The van der Waals surface area contributed by atoms with E-state index in [4.69, 9.17) is 5.73 Å². The summed E-state index contributed by atoms with van der Waals surface area (Å²) in [5.74, 6) is 0.266. The molecule has 0 aromatic carbocycles. The van der Waals surface area contributed by atoms with Gasteiger partial charge < -0.3 is 11.1 Å². The van der Waals surface area contributed by atoms with Crippen LogP contribution < -0.4 is 11.1 Å². The number of carbonyl (C=O) groups excluding carboxylic acids is 1. The van der Waals surface area contributed by atoms with Crippen molar-refractivity contribution in [3.8, 4) is 0 Å². The van der Waals surface area contributed by atoms with Gasteiger partial charge in [0.2, 0.25) is 5.91 Å². The summed E-state index contributed by atoms with van der Waals surface area (Å²) in [6.07, 6.45) is 7.54. The molecule has 0 aliphatic heterocycles. The minimum atomic E-state index is -0.0815. The molecular formula is C15H30N2O. The van der Waals surface area contributed by atoms with Crippen LogP contribution in [0.4, 0.5) is 0 Å². The zero-order chi connectivity index (χ0) is 13.6.